The Balaban J connectivity index is 2.11. The molecular formula is C9H15N3O3S. The molecule has 0 aliphatic carbocycles. The summed E-state index contributed by atoms with van der Waals surface area (Å²) >= 11 is 0. The standard InChI is InChI=1S/C9H15N3O3S/c1-7-9(5-10-11-7)16(13,14)12-8-3-2-4-15-6-8/h5,8,12H,2-4,6H2,1H3,(H,10,11). The molecule has 0 saturated carbocycles. The third kappa shape index (κ3) is 2.42. The molecule has 0 bridgehead atoms. The Morgan fingerprint density at radius 3 is 3.00 bits per heavy atom. The van der Waals surface area contributed by atoms with E-state index in [-0.39, 0.29) is 10.9 Å². The molecule has 1 atom stereocenters. The fourth-order valence-electron chi connectivity index (χ4n) is 1.73. The lowest BCUT2D eigenvalue weighted by Gasteiger charge is -2.22. The van der Waals surface area contributed by atoms with Gasteiger partial charge in [0.05, 0.1) is 18.5 Å². The molecule has 0 amide bonds. The quantitative estimate of drug-likeness (QED) is 0.795. The largest absolute Gasteiger partial charge is 0.380 e. The van der Waals surface area contributed by atoms with Crippen molar-refractivity contribution >= 4 is 10.0 Å². The van der Waals surface area contributed by atoms with E-state index in [4.69, 9.17) is 4.74 Å². The van der Waals surface area contributed by atoms with Gasteiger partial charge in [0.15, 0.2) is 0 Å². The zero-order valence-corrected chi connectivity index (χ0v) is 9.88. The molecule has 6 nitrogen and oxygen atoms in total. The first kappa shape index (κ1) is 11.6. The molecule has 1 aromatic heterocycles. The number of H-pyrrole nitrogens is 1. The van der Waals surface area contributed by atoms with E-state index in [1.807, 2.05) is 0 Å². The minimum absolute atomic E-state index is 0.131. The molecule has 0 aromatic carbocycles. The summed E-state index contributed by atoms with van der Waals surface area (Å²) in [6.07, 6.45) is 3.02. The van der Waals surface area contributed by atoms with Crippen LogP contribution < -0.4 is 4.72 Å². The normalized spacial score (nSPS) is 22.2. The zero-order chi connectivity index (χ0) is 11.6. The molecule has 1 aliphatic heterocycles. The Morgan fingerprint density at radius 2 is 2.44 bits per heavy atom. The first-order valence-electron chi connectivity index (χ1n) is 5.19. The maximum Gasteiger partial charge on any atom is 0.244 e. The van der Waals surface area contributed by atoms with Crippen LogP contribution >= 0.6 is 0 Å². The van der Waals surface area contributed by atoms with Crippen molar-refractivity contribution in [1.82, 2.24) is 14.9 Å². The van der Waals surface area contributed by atoms with E-state index >= 15 is 0 Å². The van der Waals surface area contributed by atoms with Crippen LogP contribution in [0.2, 0.25) is 0 Å². The summed E-state index contributed by atoms with van der Waals surface area (Å²) < 4.78 is 31.8. The van der Waals surface area contributed by atoms with Gasteiger partial charge in [-0.05, 0) is 19.8 Å². The van der Waals surface area contributed by atoms with Crippen LogP contribution in [0.4, 0.5) is 0 Å². The summed E-state index contributed by atoms with van der Waals surface area (Å²) in [4.78, 5) is 0.207. The number of rotatable bonds is 3. The van der Waals surface area contributed by atoms with Crippen LogP contribution in [-0.2, 0) is 14.8 Å². The average Bonchev–Trinajstić information content (AvgIpc) is 2.66. The van der Waals surface area contributed by atoms with Crippen molar-refractivity contribution in [2.45, 2.75) is 30.7 Å². The Bertz CT molecular complexity index is 448. The highest BCUT2D eigenvalue weighted by Crippen LogP contribution is 2.14. The van der Waals surface area contributed by atoms with Crippen molar-refractivity contribution < 1.29 is 13.2 Å². The number of sulfonamides is 1. The van der Waals surface area contributed by atoms with Crippen molar-refractivity contribution in [3.05, 3.63) is 11.9 Å². The number of hydrogen-bond donors (Lipinski definition) is 2. The van der Waals surface area contributed by atoms with E-state index in [2.05, 4.69) is 14.9 Å². The molecule has 1 saturated heterocycles. The molecule has 1 fully saturated rings. The molecule has 0 radical (unpaired) electrons. The smallest absolute Gasteiger partial charge is 0.244 e. The number of ether oxygens (including phenoxy) is 1. The molecule has 1 unspecified atom stereocenters. The lowest BCUT2D eigenvalue weighted by atomic mass is 10.1. The second-order valence-electron chi connectivity index (χ2n) is 3.89. The van der Waals surface area contributed by atoms with Crippen molar-refractivity contribution in [1.29, 1.82) is 0 Å². The molecule has 16 heavy (non-hydrogen) atoms. The van der Waals surface area contributed by atoms with Crippen LogP contribution in [-0.4, -0.2) is 37.9 Å². The lowest BCUT2D eigenvalue weighted by Crippen LogP contribution is -2.40. The third-order valence-electron chi connectivity index (χ3n) is 2.56. The van der Waals surface area contributed by atoms with Gasteiger partial charge in [-0.15, -0.1) is 0 Å². The summed E-state index contributed by atoms with van der Waals surface area (Å²) in [5.41, 5.74) is 0.546. The van der Waals surface area contributed by atoms with Gasteiger partial charge in [-0.2, -0.15) is 5.10 Å². The number of nitrogens with one attached hydrogen (secondary N) is 2. The number of aromatic amines is 1. The van der Waals surface area contributed by atoms with Crippen LogP contribution in [0.15, 0.2) is 11.1 Å². The summed E-state index contributed by atoms with van der Waals surface area (Å²) in [7, 11) is -3.47. The molecule has 1 aliphatic rings. The fraction of sp³-hybridized carbons (Fsp3) is 0.667. The molecule has 2 N–H and O–H groups in total. The first-order chi connectivity index (χ1) is 7.59. The van der Waals surface area contributed by atoms with E-state index in [9.17, 15) is 8.42 Å². The number of aryl methyl sites for hydroxylation is 1. The molecule has 1 aromatic rings. The van der Waals surface area contributed by atoms with E-state index < -0.39 is 10.0 Å². The molecule has 2 heterocycles. The van der Waals surface area contributed by atoms with Gasteiger partial charge >= 0.3 is 0 Å². The Hall–Kier alpha value is -0.920. The zero-order valence-electron chi connectivity index (χ0n) is 9.06. The maximum atomic E-state index is 12.0. The first-order valence-corrected chi connectivity index (χ1v) is 6.68. The second kappa shape index (κ2) is 4.52. The van der Waals surface area contributed by atoms with Gasteiger partial charge in [-0.3, -0.25) is 5.10 Å². The van der Waals surface area contributed by atoms with Crippen molar-refractivity contribution in [3.63, 3.8) is 0 Å². The number of aromatic nitrogens is 2. The third-order valence-corrected chi connectivity index (χ3v) is 4.19. The van der Waals surface area contributed by atoms with Crippen LogP contribution in [0.1, 0.15) is 18.5 Å². The van der Waals surface area contributed by atoms with Gasteiger partial charge in [0, 0.05) is 12.6 Å². The van der Waals surface area contributed by atoms with Gasteiger partial charge in [0.25, 0.3) is 0 Å². The Kier molecular flexibility index (Phi) is 3.27. The molecule has 90 valence electrons. The topological polar surface area (TPSA) is 84.1 Å². The minimum Gasteiger partial charge on any atom is -0.380 e. The summed E-state index contributed by atoms with van der Waals surface area (Å²) in [6.45, 7) is 2.83. The SMILES string of the molecule is Cc1[nH]ncc1S(=O)(=O)NC1CCCOC1. The molecule has 2 rings (SSSR count). The molecular weight excluding hydrogens is 230 g/mol. The van der Waals surface area contributed by atoms with Crippen LogP contribution in [0.3, 0.4) is 0 Å². The summed E-state index contributed by atoms with van der Waals surface area (Å²) in [5.74, 6) is 0. The van der Waals surface area contributed by atoms with Gasteiger partial charge in [0.2, 0.25) is 10.0 Å². The van der Waals surface area contributed by atoms with Crippen molar-refractivity contribution in [2.75, 3.05) is 13.2 Å². The maximum absolute atomic E-state index is 12.0. The highest BCUT2D eigenvalue weighted by atomic mass is 32.2. The summed E-state index contributed by atoms with van der Waals surface area (Å²) in [6, 6.07) is -0.131. The molecule has 0 spiro atoms. The number of hydrogen-bond acceptors (Lipinski definition) is 4. The Morgan fingerprint density at radius 1 is 1.62 bits per heavy atom. The molecule has 7 heteroatoms. The minimum atomic E-state index is -3.47. The number of nitrogens with zero attached hydrogens (tertiary/aromatic N) is 1. The van der Waals surface area contributed by atoms with Crippen molar-refractivity contribution in [3.8, 4) is 0 Å². The predicted molar refractivity (Wildman–Crippen MR) is 57.5 cm³/mol. The highest BCUT2D eigenvalue weighted by Gasteiger charge is 2.24. The van der Waals surface area contributed by atoms with E-state index in [1.54, 1.807) is 6.92 Å². The Labute approximate surface area is 94.4 Å². The fourth-order valence-corrected chi connectivity index (χ4v) is 3.12. The van der Waals surface area contributed by atoms with E-state index in [1.165, 1.54) is 6.20 Å². The summed E-state index contributed by atoms with van der Waals surface area (Å²) in [5, 5.41) is 6.32. The van der Waals surface area contributed by atoms with Crippen LogP contribution in [0.5, 0.6) is 0 Å². The second-order valence-corrected chi connectivity index (χ2v) is 5.58. The monoisotopic (exact) mass is 245 g/mol. The van der Waals surface area contributed by atoms with E-state index in [0.717, 1.165) is 12.8 Å². The van der Waals surface area contributed by atoms with Crippen molar-refractivity contribution in [2.24, 2.45) is 0 Å². The van der Waals surface area contributed by atoms with Gasteiger partial charge in [0.1, 0.15) is 4.90 Å². The highest BCUT2D eigenvalue weighted by molar-refractivity contribution is 7.89. The van der Waals surface area contributed by atoms with Gasteiger partial charge in [-0.25, -0.2) is 13.1 Å². The predicted octanol–water partition coefficient (Wildman–Crippen LogP) is 0.175. The van der Waals surface area contributed by atoms with Gasteiger partial charge in [-0.1, -0.05) is 0 Å². The van der Waals surface area contributed by atoms with Crippen LogP contribution in [0, 0.1) is 6.92 Å². The van der Waals surface area contributed by atoms with Gasteiger partial charge < -0.3 is 4.74 Å². The van der Waals surface area contributed by atoms with E-state index in [0.29, 0.717) is 18.9 Å². The van der Waals surface area contributed by atoms with Crippen LogP contribution in [0.25, 0.3) is 0 Å². The average molecular weight is 245 g/mol. The lowest BCUT2D eigenvalue weighted by molar-refractivity contribution is 0.0774.